The van der Waals surface area contributed by atoms with Crippen LogP contribution in [0.2, 0.25) is 0 Å². The Balaban J connectivity index is 1.51. The van der Waals surface area contributed by atoms with E-state index in [0.29, 0.717) is 0 Å². The van der Waals surface area contributed by atoms with Crippen LogP contribution in [0, 0.1) is 5.92 Å². The Morgan fingerprint density at radius 2 is 1.88 bits per heavy atom. The van der Waals surface area contributed by atoms with Gasteiger partial charge in [0.25, 0.3) is 0 Å². The average molecular weight is 224 g/mol. The average Bonchev–Trinajstić information content (AvgIpc) is 2.72. The van der Waals surface area contributed by atoms with E-state index >= 15 is 0 Å². The zero-order chi connectivity index (χ0) is 11.2. The Labute approximate surface area is 101 Å². The minimum absolute atomic E-state index is 0.830. The van der Waals surface area contributed by atoms with Crippen molar-refractivity contribution in [3.05, 3.63) is 0 Å². The highest BCUT2D eigenvalue weighted by molar-refractivity contribution is 4.76. The highest BCUT2D eigenvalue weighted by atomic mass is 15.2. The van der Waals surface area contributed by atoms with Gasteiger partial charge in [-0.25, -0.2) is 0 Å². The van der Waals surface area contributed by atoms with E-state index in [2.05, 4.69) is 17.1 Å². The lowest BCUT2D eigenvalue weighted by Gasteiger charge is -2.24. The first-order valence-corrected chi connectivity index (χ1v) is 7.31. The summed E-state index contributed by atoms with van der Waals surface area (Å²) in [6, 6.07) is 0.830. The molecule has 16 heavy (non-hydrogen) atoms. The number of hydrogen-bond donors (Lipinski definition) is 1. The molecule has 0 radical (unpaired) electrons. The molecule has 2 aliphatic rings. The fourth-order valence-corrected chi connectivity index (χ4v) is 3.25. The van der Waals surface area contributed by atoms with Gasteiger partial charge in [-0.05, 0) is 51.6 Å². The van der Waals surface area contributed by atoms with Gasteiger partial charge in [-0.3, -0.25) is 4.90 Å². The molecule has 94 valence electrons. The predicted octanol–water partition coefficient (Wildman–Crippen LogP) is 2.64. The van der Waals surface area contributed by atoms with E-state index in [1.807, 2.05) is 0 Å². The van der Waals surface area contributed by atoms with Crippen molar-refractivity contribution >= 4 is 0 Å². The van der Waals surface area contributed by atoms with Crippen LogP contribution in [0.5, 0.6) is 0 Å². The maximum absolute atomic E-state index is 3.66. The SMILES string of the molecule is CC1CCCN1CCNCC1CCCCC1. The van der Waals surface area contributed by atoms with Crippen LogP contribution in [-0.4, -0.2) is 37.1 Å². The second-order valence-corrected chi connectivity index (χ2v) is 5.74. The lowest BCUT2D eigenvalue weighted by molar-refractivity contribution is 0.261. The minimum Gasteiger partial charge on any atom is -0.315 e. The Kier molecular flexibility index (Phi) is 5.11. The third-order valence-corrected chi connectivity index (χ3v) is 4.42. The zero-order valence-corrected chi connectivity index (χ0v) is 10.9. The van der Waals surface area contributed by atoms with Gasteiger partial charge in [-0.15, -0.1) is 0 Å². The number of nitrogens with zero attached hydrogens (tertiary/aromatic N) is 1. The first kappa shape index (κ1) is 12.4. The number of nitrogens with one attached hydrogen (secondary N) is 1. The Morgan fingerprint density at radius 3 is 2.56 bits per heavy atom. The second kappa shape index (κ2) is 6.61. The maximum atomic E-state index is 3.66. The van der Waals surface area contributed by atoms with E-state index in [4.69, 9.17) is 0 Å². The van der Waals surface area contributed by atoms with Gasteiger partial charge >= 0.3 is 0 Å². The van der Waals surface area contributed by atoms with Gasteiger partial charge in [0.2, 0.25) is 0 Å². The largest absolute Gasteiger partial charge is 0.315 e. The van der Waals surface area contributed by atoms with Crippen molar-refractivity contribution < 1.29 is 0 Å². The summed E-state index contributed by atoms with van der Waals surface area (Å²) in [4.78, 5) is 2.63. The molecule has 1 aliphatic carbocycles. The molecular formula is C14H28N2. The summed E-state index contributed by atoms with van der Waals surface area (Å²) in [7, 11) is 0. The van der Waals surface area contributed by atoms with Crippen molar-refractivity contribution in [2.75, 3.05) is 26.2 Å². The monoisotopic (exact) mass is 224 g/mol. The lowest BCUT2D eigenvalue weighted by atomic mass is 9.89. The van der Waals surface area contributed by atoms with Crippen LogP contribution < -0.4 is 5.32 Å². The Hall–Kier alpha value is -0.0800. The summed E-state index contributed by atoms with van der Waals surface area (Å²) in [5, 5.41) is 3.66. The zero-order valence-electron chi connectivity index (χ0n) is 10.9. The van der Waals surface area contributed by atoms with Crippen LogP contribution in [0.3, 0.4) is 0 Å². The van der Waals surface area contributed by atoms with Crippen molar-refractivity contribution in [1.82, 2.24) is 10.2 Å². The number of hydrogen-bond acceptors (Lipinski definition) is 2. The number of rotatable bonds is 5. The van der Waals surface area contributed by atoms with Crippen LogP contribution in [-0.2, 0) is 0 Å². The summed E-state index contributed by atoms with van der Waals surface area (Å²) in [5.74, 6) is 0.977. The first-order valence-electron chi connectivity index (χ1n) is 7.31. The Bertz CT molecular complexity index is 187. The third kappa shape index (κ3) is 3.74. The molecule has 1 unspecified atom stereocenters. The van der Waals surface area contributed by atoms with Gasteiger partial charge in [0.15, 0.2) is 0 Å². The molecule has 2 fully saturated rings. The highest BCUT2D eigenvalue weighted by Gasteiger charge is 2.19. The van der Waals surface area contributed by atoms with E-state index in [9.17, 15) is 0 Å². The molecule has 0 bridgehead atoms. The van der Waals surface area contributed by atoms with E-state index < -0.39 is 0 Å². The summed E-state index contributed by atoms with van der Waals surface area (Å²) < 4.78 is 0. The lowest BCUT2D eigenvalue weighted by Crippen LogP contribution is -2.36. The second-order valence-electron chi connectivity index (χ2n) is 5.74. The molecule has 0 aromatic rings. The van der Waals surface area contributed by atoms with Crippen LogP contribution in [0.25, 0.3) is 0 Å². The van der Waals surface area contributed by atoms with Gasteiger partial charge in [0.05, 0.1) is 0 Å². The van der Waals surface area contributed by atoms with Crippen molar-refractivity contribution in [2.24, 2.45) is 5.92 Å². The van der Waals surface area contributed by atoms with Gasteiger partial charge in [-0.2, -0.15) is 0 Å². The van der Waals surface area contributed by atoms with Crippen molar-refractivity contribution in [3.63, 3.8) is 0 Å². The first-order chi connectivity index (χ1) is 7.86. The smallest absolute Gasteiger partial charge is 0.0110 e. The maximum Gasteiger partial charge on any atom is 0.0110 e. The van der Waals surface area contributed by atoms with Crippen molar-refractivity contribution in [2.45, 2.75) is 57.9 Å². The van der Waals surface area contributed by atoms with Crippen molar-refractivity contribution in [1.29, 1.82) is 0 Å². The quantitative estimate of drug-likeness (QED) is 0.722. The van der Waals surface area contributed by atoms with E-state index in [0.717, 1.165) is 12.0 Å². The molecule has 0 aromatic carbocycles. The van der Waals surface area contributed by atoms with E-state index in [-0.39, 0.29) is 0 Å². The minimum atomic E-state index is 0.830. The van der Waals surface area contributed by atoms with Gasteiger partial charge in [0.1, 0.15) is 0 Å². The summed E-state index contributed by atoms with van der Waals surface area (Å²) in [6.45, 7) is 7.41. The van der Waals surface area contributed by atoms with Crippen molar-refractivity contribution in [3.8, 4) is 0 Å². The molecule has 1 N–H and O–H groups in total. The molecule has 1 heterocycles. The van der Waals surface area contributed by atoms with Crippen LogP contribution in [0.15, 0.2) is 0 Å². The molecule has 1 aliphatic heterocycles. The molecule has 2 heteroatoms. The topological polar surface area (TPSA) is 15.3 Å². The molecule has 2 nitrogen and oxygen atoms in total. The standard InChI is InChI=1S/C14H28N2/c1-13-6-5-10-16(13)11-9-15-12-14-7-3-2-4-8-14/h13-15H,2-12H2,1H3. The molecule has 0 spiro atoms. The van der Waals surface area contributed by atoms with Crippen LogP contribution in [0.4, 0.5) is 0 Å². The molecule has 1 saturated heterocycles. The van der Waals surface area contributed by atoms with Gasteiger partial charge in [-0.1, -0.05) is 19.3 Å². The number of likely N-dealkylation sites (tertiary alicyclic amines) is 1. The Morgan fingerprint density at radius 1 is 1.06 bits per heavy atom. The third-order valence-electron chi connectivity index (χ3n) is 4.42. The van der Waals surface area contributed by atoms with Gasteiger partial charge < -0.3 is 5.32 Å². The molecule has 1 atom stereocenters. The molecular weight excluding hydrogens is 196 g/mol. The van der Waals surface area contributed by atoms with Crippen LogP contribution >= 0.6 is 0 Å². The van der Waals surface area contributed by atoms with E-state index in [1.165, 1.54) is 71.1 Å². The predicted molar refractivity (Wildman–Crippen MR) is 69.7 cm³/mol. The summed E-state index contributed by atoms with van der Waals surface area (Å²) >= 11 is 0. The summed E-state index contributed by atoms with van der Waals surface area (Å²) in [6.07, 6.45) is 10.2. The molecule has 1 saturated carbocycles. The fourth-order valence-electron chi connectivity index (χ4n) is 3.25. The normalized spacial score (nSPS) is 28.7. The molecule has 0 aromatic heterocycles. The molecule has 0 amide bonds. The summed E-state index contributed by atoms with van der Waals surface area (Å²) in [5.41, 5.74) is 0. The van der Waals surface area contributed by atoms with Crippen LogP contribution in [0.1, 0.15) is 51.9 Å². The van der Waals surface area contributed by atoms with E-state index in [1.54, 1.807) is 0 Å². The molecule has 2 rings (SSSR count). The highest BCUT2D eigenvalue weighted by Crippen LogP contribution is 2.22. The van der Waals surface area contributed by atoms with Gasteiger partial charge in [0, 0.05) is 19.1 Å². The fraction of sp³-hybridized carbons (Fsp3) is 1.00.